The van der Waals surface area contributed by atoms with Gasteiger partial charge in [-0.15, -0.1) is 10.2 Å². The van der Waals surface area contributed by atoms with Gasteiger partial charge in [0.05, 0.1) is 11.2 Å². The third-order valence-corrected chi connectivity index (χ3v) is 4.36. The van der Waals surface area contributed by atoms with Crippen LogP contribution in [0.5, 0.6) is 0 Å². The Morgan fingerprint density at radius 1 is 1.08 bits per heavy atom. The van der Waals surface area contributed by atoms with Crippen molar-refractivity contribution in [2.24, 2.45) is 0 Å². The number of carbonyl (C=O) groups excluding carboxylic acids is 1. The molecule has 7 nitrogen and oxygen atoms in total. The van der Waals surface area contributed by atoms with Crippen LogP contribution in [0.1, 0.15) is 35.1 Å². The number of benzene rings is 1. The van der Waals surface area contributed by atoms with Gasteiger partial charge >= 0.3 is 0 Å². The van der Waals surface area contributed by atoms with Crippen molar-refractivity contribution in [2.45, 2.75) is 18.8 Å². The lowest BCUT2D eigenvalue weighted by atomic mass is 10.2. The number of nitrogens with zero attached hydrogens (tertiary/aromatic N) is 5. The van der Waals surface area contributed by atoms with E-state index >= 15 is 0 Å². The Balaban J connectivity index is 1.51. The molecule has 0 radical (unpaired) electrons. The molecule has 1 aromatic carbocycles. The van der Waals surface area contributed by atoms with Crippen LogP contribution in [0.4, 0.5) is 5.69 Å². The average molecular weight is 330 g/mol. The standard InChI is InChI=1S/C18H14N6O/c25-18(20-14-5-1-4-13-12(14)3-2-10-19-13)15-8-9-16-21-22-17(11-6-7-11)24(16)23-15/h1-5,8-11H,6-7H2,(H,20,25). The molecule has 3 heterocycles. The van der Waals surface area contributed by atoms with Gasteiger partial charge in [-0.25, -0.2) is 0 Å². The van der Waals surface area contributed by atoms with Crippen molar-refractivity contribution in [2.75, 3.05) is 5.32 Å². The molecule has 1 fully saturated rings. The second-order valence-corrected chi connectivity index (χ2v) is 6.15. The van der Waals surface area contributed by atoms with Gasteiger partial charge in [-0.05, 0) is 49.2 Å². The summed E-state index contributed by atoms with van der Waals surface area (Å²) in [5.41, 5.74) is 2.53. The van der Waals surface area contributed by atoms with Gasteiger partial charge in [0.25, 0.3) is 5.91 Å². The molecule has 0 spiro atoms. The third kappa shape index (κ3) is 2.40. The smallest absolute Gasteiger partial charge is 0.276 e. The minimum Gasteiger partial charge on any atom is -0.320 e. The van der Waals surface area contributed by atoms with Crippen molar-refractivity contribution < 1.29 is 4.79 Å². The first-order valence-corrected chi connectivity index (χ1v) is 8.17. The molecule has 1 N–H and O–H groups in total. The van der Waals surface area contributed by atoms with Crippen LogP contribution in [0, 0.1) is 0 Å². The van der Waals surface area contributed by atoms with Crippen LogP contribution in [0.15, 0.2) is 48.7 Å². The molecule has 4 aromatic rings. The molecule has 0 bridgehead atoms. The molecule has 7 heteroatoms. The molecule has 0 saturated heterocycles. The highest BCUT2D eigenvalue weighted by Gasteiger charge is 2.29. The fourth-order valence-electron chi connectivity index (χ4n) is 2.92. The van der Waals surface area contributed by atoms with E-state index in [2.05, 4.69) is 25.6 Å². The van der Waals surface area contributed by atoms with Crippen molar-refractivity contribution in [3.05, 3.63) is 60.2 Å². The lowest BCUT2D eigenvalue weighted by Gasteiger charge is -2.08. The molecule has 0 aliphatic heterocycles. The van der Waals surface area contributed by atoms with E-state index in [-0.39, 0.29) is 5.91 Å². The first-order chi connectivity index (χ1) is 12.3. The number of aromatic nitrogens is 5. The van der Waals surface area contributed by atoms with Crippen LogP contribution >= 0.6 is 0 Å². The van der Waals surface area contributed by atoms with E-state index in [0.29, 0.717) is 22.9 Å². The second kappa shape index (κ2) is 5.34. The zero-order valence-electron chi connectivity index (χ0n) is 13.3. The molecular formula is C18H14N6O. The van der Waals surface area contributed by atoms with E-state index in [1.807, 2.05) is 30.3 Å². The SMILES string of the molecule is O=C(Nc1cccc2ncccc12)c1ccc2nnc(C3CC3)n2n1. The molecule has 25 heavy (non-hydrogen) atoms. The second-order valence-electron chi connectivity index (χ2n) is 6.15. The fourth-order valence-corrected chi connectivity index (χ4v) is 2.92. The maximum absolute atomic E-state index is 12.7. The summed E-state index contributed by atoms with van der Waals surface area (Å²) >= 11 is 0. The number of anilines is 1. The van der Waals surface area contributed by atoms with Gasteiger partial charge in [0.1, 0.15) is 5.69 Å². The Labute approximate surface area is 142 Å². The van der Waals surface area contributed by atoms with Gasteiger partial charge in [0.2, 0.25) is 0 Å². The van der Waals surface area contributed by atoms with Crippen LogP contribution in [0.25, 0.3) is 16.6 Å². The number of carbonyl (C=O) groups is 1. The third-order valence-electron chi connectivity index (χ3n) is 4.36. The van der Waals surface area contributed by atoms with Gasteiger partial charge in [-0.3, -0.25) is 9.78 Å². The van der Waals surface area contributed by atoms with Crippen LogP contribution in [0.2, 0.25) is 0 Å². The summed E-state index contributed by atoms with van der Waals surface area (Å²) in [7, 11) is 0. The van der Waals surface area contributed by atoms with Gasteiger partial charge in [0.15, 0.2) is 11.5 Å². The van der Waals surface area contributed by atoms with Crippen LogP contribution < -0.4 is 5.32 Å². The number of fused-ring (bicyclic) bond motifs is 2. The molecule has 122 valence electrons. The van der Waals surface area contributed by atoms with Crippen molar-refractivity contribution in [1.29, 1.82) is 0 Å². The van der Waals surface area contributed by atoms with Gasteiger partial charge in [-0.2, -0.15) is 9.61 Å². The minimum atomic E-state index is -0.270. The van der Waals surface area contributed by atoms with E-state index in [0.717, 1.165) is 29.6 Å². The summed E-state index contributed by atoms with van der Waals surface area (Å²) < 4.78 is 1.68. The van der Waals surface area contributed by atoms with Crippen LogP contribution in [-0.2, 0) is 0 Å². The fraction of sp³-hybridized carbons (Fsp3) is 0.167. The van der Waals surface area contributed by atoms with Crippen molar-refractivity contribution in [1.82, 2.24) is 24.8 Å². The Morgan fingerprint density at radius 3 is 2.88 bits per heavy atom. The van der Waals surface area contributed by atoms with E-state index in [1.54, 1.807) is 22.8 Å². The van der Waals surface area contributed by atoms with Gasteiger partial charge in [-0.1, -0.05) is 6.07 Å². The molecule has 3 aromatic heterocycles. The predicted octanol–water partition coefficient (Wildman–Crippen LogP) is 2.80. The Morgan fingerprint density at radius 2 is 2.00 bits per heavy atom. The molecular weight excluding hydrogens is 316 g/mol. The number of nitrogens with one attached hydrogen (secondary N) is 1. The normalized spacial score (nSPS) is 14.1. The topological polar surface area (TPSA) is 85.1 Å². The number of hydrogen-bond acceptors (Lipinski definition) is 5. The van der Waals surface area contributed by atoms with Crippen molar-refractivity contribution in [3.63, 3.8) is 0 Å². The highest BCUT2D eigenvalue weighted by Crippen LogP contribution is 2.38. The molecule has 0 atom stereocenters. The number of amides is 1. The van der Waals surface area contributed by atoms with E-state index in [9.17, 15) is 4.79 Å². The monoisotopic (exact) mass is 330 g/mol. The Kier molecular flexibility index (Phi) is 3.00. The zero-order chi connectivity index (χ0) is 16.8. The van der Waals surface area contributed by atoms with Crippen molar-refractivity contribution in [3.8, 4) is 0 Å². The minimum absolute atomic E-state index is 0.270. The van der Waals surface area contributed by atoms with E-state index in [4.69, 9.17) is 0 Å². The molecule has 1 aliphatic carbocycles. The van der Waals surface area contributed by atoms with E-state index < -0.39 is 0 Å². The molecule has 1 aliphatic rings. The Bertz CT molecular complexity index is 1110. The molecule has 1 saturated carbocycles. The Hall–Kier alpha value is -3.35. The lowest BCUT2D eigenvalue weighted by Crippen LogP contribution is -2.16. The lowest BCUT2D eigenvalue weighted by molar-refractivity contribution is 0.102. The predicted molar refractivity (Wildman–Crippen MR) is 92.5 cm³/mol. The summed E-state index contributed by atoms with van der Waals surface area (Å²) in [5.74, 6) is 0.970. The number of rotatable bonds is 3. The highest BCUT2D eigenvalue weighted by molar-refractivity contribution is 6.07. The first kappa shape index (κ1) is 14.0. The average Bonchev–Trinajstić information content (AvgIpc) is 3.41. The summed E-state index contributed by atoms with van der Waals surface area (Å²) in [6.07, 6.45) is 3.93. The zero-order valence-corrected chi connectivity index (χ0v) is 13.3. The first-order valence-electron chi connectivity index (χ1n) is 8.17. The van der Waals surface area contributed by atoms with Gasteiger partial charge in [0, 0.05) is 17.5 Å². The van der Waals surface area contributed by atoms with Crippen LogP contribution in [0.3, 0.4) is 0 Å². The molecule has 0 unspecified atom stereocenters. The summed E-state index contributed by atoms with van der Waals surface area (Å²) in [6, 6.07) is 12.8. The van der Waals surface area contributed by atoms with Gasteiger partial charge < -0.3 is 5.32 Å². The maximum atomic E-state index is 12.7. The van der Waals surface area contributed by atoms with Crippen molar-refractivity contribution >= 4 is 28.1 Å². The van der Waals surface area contributed by atoms with E-state index in [1.165, 1.54) is 0 Å². The summed E-state index contributed by atoms with van der Waals surface area (Å²) in [5, 5.41) is 16.6. The molecule has 1 amide bonds. The number of pyridine rings is 1. The summed E-state index contributed by atoms with van der Waals surface area (Å²) in [6.45, 7) is 0. The van der Waals surface area contributed by atoms with Crippen LogP contribution in [-0.4, -0.2) is 30.7 Å². The number of hydrogen-bond donors (Lipinski definition) is 1. The largest absolute Gasteiger partial charge is 0.320 e. The quantitative estimate of drug-likeness (QED) is 0.624. The highest BCUT2D eigenvalue weighted by atomic mass is 16.1. The molecule has 5 rings (SSSR count). The summed E-state index contributed by atoms with van der Waals surface area (Å²) in [4.78, 5) is 17.0. The maximum Gasteiger partial charge on any atom is 0.276 e.